The average Bonchev–Trinajstić information content (AvgIpc) is 2.79. The highest BCUT2D eigenvalue weighted by atomic mass is 16.5. The maximum absolute atomic E-state index is 6.14. The molecule has 0 amide bonds. The van der Waals surface area contributed by atoms with Crippen molar-refractivity contribution in [3.05, 3.63) is 24.3 Å². The molecule has 0 radical (unpaired) electrons. The first-order valence-electron chi connectivity index (χ1n) is 7.85. The minimum atomic E-state index is -0.0236. The topological polar surface area (TPSA) is 50.8 Å². The summed E-state index contributed by atoms with van der Waals surface area (Å²) in [5.74, 6) is 1.46. The molecule has 1 atom stereocenters. The van der Waals surface area contributed by atoms with E-state index >= 15 is 0 Å². The van der Waals surface area contributed by atoms with Gasteiger partial charge in [-0.2, -0.15) is 0 Å². The van der Waals surface area contributed by atoms with Crippen molar-refractivity contribution in [3.8, 4) is 5.75 Å². The van der Waals surface area contributed by atoms with Crippen LogP contribution in [0, 0.1) is 0 Å². The fourth-order valence-corrected chi connectivity index (χ4v) is 2.99. The summed E-state index contributed by atoms with van der Waals surface area (Å²) in [6.45, 7) is 5.25. The molecule has 1 unspecified atom stereocenters. The van der Waals surface area contributed by atoms with Crippen molar-refractivity contribution in [2.75, 3.05) is 18.6 Å². The van der Waals surface area contributed by atoms with Gasteiger partial charge in [-0.1, -0.05) is 38.7 Å². The molecular formula is C17H27N3O. The summed E-state index contributed by atoms with van der Waals surface area (Å²) in [5, 5.41) is 0. The van der Waals surface area contributed by atoms with Gasteiger partial charge >= 0.3 is 0 Å². The van der Waals surface area contributed by atoms with E-state index in [4.69, 9.17) is 10.5 Å². The molecule has 1 aliphatic rings. The van der Waals surface area contributed by atoms with E-state index in [1.165, 1.54) is 25.7 Å². The fourth-order valence-electron chi connectivity index (χ4n) is 2.99. The third-order valence-corrected chi connectivity index (χ3v) is 4.23. The Morgan fingerprint density at radius 3 is 2.86 bits per heavy atom. The summed E-state index contributed by atoms with van der Waals surface area (Å²) in [6.07, 6.45) is 6.15. The van der Waals surface area contributed by atoms with Gasteiger partial charge in [-0.25, -0.2) is 0 Å². The second kappa shape index (κ2) is 6.83. The molecule has 1 aliphatic heterocycles. The van der Waals surface area contributed by atoms with Crippen molar-refractivity contribution >= 4 is 11.6 Å². The number of hydrogen-bond acceptors (Lipinski definition) is 4. The van der Waals surface area contributed by atoms with Crippen LogP contribution in [-0.4, -0.2) is 25.2 Å². The number of hydrogen-bond donors (Lipinski definition) is 1. The largest absolute Gasteiger partial charge is 0.497 e. The molecule has 4 heteroatoms. The van der Waals surface area contributed by atoms with Gasteiger partial charge in [-0.3, -0.25) is 4.99 Å². The van der Waals surface area contributed by atoms with Crippen molar-refractivity contribution in [2.45, 2.75) is 51.5 Å². The highest BCUT2D eigenvalue weighted by molar-refractivity contribution is 5.98. The van der Waals surface area contributed by atoms with Crippen LogP contribution >= 0.6 is 0 Å². The predicted molar refractivity (Wildman–Crippen MR) is 89.1 cm³/mol. The number of aliphatic imine (C=N–C) groups is 1. The number of nitrogens with two attached hydrogens (primary N) is 1. The van der Waals surface area contributed by atoms with Crippen LogP contribution < -0.4 is 15.4 Å². The molecule has 116 valence electrons. The molecule has 1 aromatic rings. The van der Waals surface area contributed by atoms with Gasteiger partial charge in [0, 0.05) is 11.8 Å². The summed E-state index contributed by atoms with van der Waals surface area (Å²) < 4.78 is 5.32. The molecule has 0 saturated heterocycles. The number of guanidine groups is 1. The molecule has 0 saturated carbocycles. The third-order valence-electron chi connectivity index (χ3n) is 4.23. The van der Waals surface area contributed by atoms with Crippen molar-refractivity contribution < 1.29 is 4.74 Å². The van der Waals surface area contributed by atoms with Gasteiger partial charge in [0.25, 0.3) is 0 Å². The average molecular weight is 289 g/mol. The van der Waals surface area contributed by atoms with E-state index in [1.54, 1.807) is 7.11 Å². The Morgan fingerprint density at radius 1 is 1.33 bits per heavy atom. The van der Waals surface area contributed by atoms with E-state index in [-0.39, 0.29) is 5.54 Å². The van der Waals surface area contributed by atoms with Crippen LogP contribution in [-0.2, 0) is 0 Å². The molecule has 4 nitrogen and oxygen atoms in total. The molecule has 21 heavy (non-hydrogen) atoms. The Kier molecular flexibility index (Phi) is 5.10. The van der Waals surface area contributed by atoms with Crippen molar-refractivity contribution in [2.24, 2.45) is 10.7 Å². The molecular weight excluding hydrogens is 262 g/mol. The first-order chi connectivity index (χ1) is 10.1. The van der Waals surface area contributed by atoms with Gasteiger partial charge in [0.05, 0.1) is 19.2 Å². The first-order valence-corrected chi connectivity index (χ1v) is 7.85. The summed E-state index contributed by atoms with van der Waals surface area (Å²) >= 11 is 0. The standard InChI is InChI=1S/C17H27N3O/c1-4-5-6-7-11-17(2)13-19-16(18)20(17)14-9-8-10-15(12-14)21-3/h8-10,12H,4-7,11,13H2,1-3H3,(H2,18,19). The fraction of sp³-hybridized carbons (Fsp3) is 0.588. The Morgan fingerprint density at radius 2 is 2.14 bits per heavy atom. The minimum Gasteiger partial charge on any atom is -0.497 e. The number of nitrogens with zero attached hydrogens (tertiary/aromatic N) is 2. The summed E-state index contributed by atoms with van der Waals surface area (Å²) in [7, 11) is 1.69. The Labute approximate surface area is 128 Å². The van der Waals surface area contributed by atoms with Gasteiger partial charge in [0.1, 0.15) is 5.75 Å². The van der Waals surface area contributed by atoms with Gasteiger partial charge in [-0.05, 0) is 25.5 Å². The number of benzene rings is 1. The molecule has 1 aromatic carbocycles. The summed E-state index contributed by atoms with van der Waals surface area (Å²) in [6, 6.07) is 8.04. The number of anilines is 1. The quantitative estimate of drug-likeness (QED) is 0.781. The first kappa shape index (κ1) is 15.7. The predicted octanol–water partition coefficient (Wildman–Crippen LogP) is 3.56. The van der Waals surface area contributed by atoms with Crippen LogP contribution in [0.3, 0.4) is 0 Å². The van der Waals surface area contributed by atoms with E-state index < -0.39 is 0 Å². The number of unbranched alkanes of at least 4 members (excludes halogenated alkanes) is 3. The molecule has 2 N–H and O–H groups in total. The Hall–Kier alpha value is -1.71. The lowest BCUT2D eigenvalue weighted by Crippen LogP contribution is -2.50. The van der Waals surface area contributed by atoms with Crippen LogP contribution in [0.15, 0.2) is 29.3 Å². The maximum atomic E-state index is 6.14. The van der Waals surface area contributed by atoms with E-state index in [2.05, 4.69) is 29.8 Å². The normalized spacial score (nSPS) is 21.5. The lowest BCUT2D eigenvalue weighted by Gasteiger charge is -2.36. The third kappa shape index (κ3) is 3.49. The van der Waals surface area contributed by atoms with Crippen LogP contribution in [0.2, 0.25) is 0 Å². The van der Waals surface area contributed by atoms with E-state index in [0.717, 1.165) is 24.4 Å². The summed E-state index contributed by atoms with van der Waals surface area (Å²) in [4.78, 5) is 6.65. The Bertz CT molecular complexity index is 501. The van der Waals surface area contributed by atoms with E-state index in [1.807, 2.05) is 18.2 Å². The molecule has 0 fully saturated rings. The smallest absolute Gasteiger partial charge is 0.196 e. The highest BCUT2D eigenvalue weighted by Crippen LogP contribution is 2.34. The number of rotatable bonds is 7. The van der Waals surface area contributed by atoms with Crippen LogP contribution in [0.1, 0.15) is 46.0 Å². The zero-order chi connectivity index (χ0) is 15.3. The summed E-state index contributed by atoms with van der Waals surface area (Å²) in [5.41, 5.74) is 7.18. The molecule has 0 bridgehead atoms. The zero-order valence-corrected chi connectivity index (χ0v) is 13.4. The molecule has 0 spiro atoms. The Balaban J connectivity index is 2.15. The van der Waals surface area contributed by atoms with Gasteiger partial charge in [-0.15, -0.1) is 0 Å². The van der Waals surface area contributed by atoms with Gasteiger partial charge < -0.3 is 15.4 Å². The van der Waals surface area contributed by atoms with Crippen LogP contribution in [0.4, 0.5) is 5.69 Å². The van der Waals surface area contributed by atoms with Crippen LogP contribution in [0.25, 0.3) is 0 Å². The van der Waals surface area contributed by atoms with Crippen LogP contribution in [0.5, 0.6) is 5.75 Å². The molecule has 0 aromatic heterocycles. The van der Waals surface area contributed by atoms with Gasteiger partial charge in [0.15, 0.2) is 5.96 Å². The monoisotopic (exact) mass is 289 g/mol. The van der Waals surface area contributed by atoms with Gasteiger partial charge in [0.2, 0.25) is 0 Å². The molecule has 1 heterocycles. The second-order valence-corrected chi connectivity index (χ2v) is 6.02. The molecule has 0 aliphatic carbocycles. The lowest BCUT2D eigenvalue weighted by atomic mass is 9.92. The maximum Gasteiger partial charge on any atom is 0.196 e. The number of ether oxygens (including phenoxy) is 1. The zero-order valence-electron chi connectivity index (χ0n) is 13.4. The number of methoxy groups -OCH3 is 1. The highest BCUT2D eigenvalue weighted by Gasteiger charge is 2.38. The lowest BCUT2D eigenvalue weighted by molar-refractivity contribution is 0.413. The van der Waals surface area contributed by atoms with E-state index in [0.29, 0.717) is 5.96 Å². The van der Waals surface area contributed by atoms with Crippen molar-refractivity contribution in [3.63, 3.8) is 0 Å². The molecule has 2 rings (SSSR count). The van der Waals surface area contributed by atoms with Crippen molar-refractivity contribution in [1.82, 2.24) is 0 Å². The minimum absolute atomic E-state index is 0.0236. The van der Waals surface area contributed by atoms with Crippen molar-refractivity contribution in [1.29, 1.82) is 0 Å². The second-order valence-electron chi connectivity index (χ2n) is 6.02. The SMILES string of the molecule is CCCCCCC1(C)CN=C(N)N1c1cccc(OC)c1. The van der Waals surface area contributed by atoms with E-state index in [9.17, 15) is 0 Å².